The number of hydrogen-bond donors (Lipinski definition) is 0. The average molecular weight is 377 g/mol. The van der Waals surface area contributed by atoms with Crippen molar-refractivity contribution in [3.8, 4) is 0 Å². The molecule has 1 saturated heterocycles. The Labute approximate surface area is 164 Å². The Bertz CT molecular complexity index is 884. The van der Waals surface area contributed by atoms with Gasteiger partial charge in [0.1, 0.15) is 6.10 Å². The van der Waals surface area contributed by atoms with Crippen LogP contribution < -0.4 is 4.90 Å². The van der Waals surface area contributed by atoms with Gasteiger partial charge in [-0.05, 0) is 43.5 Å². The Morgan fingerprint density at radius 3 is 2.25 bits per heavy atom. The number of fused-ring (bicyclic) bond motifs is 1. The zero-order valence-electron chi connectivity index (χ0n) is 15.8. The number of imide groups is 1. The van der Waals surface area contributed by atoms with E-state index in [9.17, 15) is 14.4 Å². The van der Waals surface area contributed by atoms with Gasteiger partial charge in [0.05, 0.1) is 23.1 Å². The standard InChI is InChI=1S/C23H23NO4/c1-15(16-8-3-2-4-9-16)28-23(27)17-10-7-11-18(14-17)24-21(25)19-12-5-6-13-20(19)22(24)26/h2-4,7-11,14-15,19-20H,5-6,12-13H2,1H3/t15-,19+,20+/m0/s1. The molecule has 1 aliphatic heterocycles. The lowest BCUT2D eigenvalue weighted by atomic mass is 9.81. The number of esters is 1. The van der Waals surface area contributed by atoms with Crippen molar-refractivity contribution in [1.82, 2.24) is 0 Å². The highest BCUT2D eigenvalue weighted by atomic mass is 16.5. The average Bonchev–Trinajstić information content (AvgIpc) is 2.99. The number of amides is 2. The molecule has 2 amide bonds. The van der Waals surface area contributed by atoms with Gasteiger partial charge < -0.3 is 4.74 Å². The molecule has 1 aliphatic carbocycles. The molecule has 2 aliphatic rings. The highest BCUT2D eigenvalue weighted by Gasteiger charge is 2.48. The molecule has 0 aromatic heterocycles. The first-order valence-electron chi connectivity index (χ1n) is 9.80. The number of rotatable bonds is 4. The van der Waals surface area contributed by atoms with Crippen LogP contribution in [0.1, 0.15) is 54.6 Å². The third kappa shape index (κ3) is 3.33. The number of hydrogen-bond acceptors (Lipinski definition) is 4. The predicted octanol–water partition coefficient (Wildman–Crippen LogP) is 4.28. The lowest BCUT2D eigenvalue weighted by Crippen LogP contribution is -2.31. The van der Waals surface area contributed by atoms with Crippen LogP contribution >= 0.6 is 0 Å². The van der Waals surface area contributed by atoms with Crippen LogP contribution in [0.25, 0.3) is 0 Å². The van der Waals surface area contributed by atoms with Crippen LogP contribution in [0.15, 0.2) is 54.6 Å². The summed E-state index contributed by atoms with van der Waals surface area (Å²) < 4.78 is 5.56. The van der Waals surface area contributed by atoms with Gasteiger partial charge in [-0.2, -0.15) is 0 Å². The summed E-state index contributed by atoms with van der Waals surface area (Å²) in [7, 11) is 0. The summed E-state index contributed by atoms with van der Waals surface area (Å²) in [6, 6.07) is 16.1. The first-order chi connectivity index (χ1) is 13.6. The van der Waals surface area contributed by atoms with E-state index in [1.807, 2.05) is 37.3 Å². The van der Waals surface area contributed by atoms with E-state index in [0.717, 1.165) is 31.2 Å². The zero-order chi connectivity index (χ0) is 19.7. The molecule has 144 valence electrons. The van der Waals surface area contributed by atoms with Crippen molar-refractivity contribution in [3.05, 3.63) is 65.7 Å². The Hall–Kier alpha value is -2.95. The molecular weight excluding hydrogens is 354 g/mol. The maximum Gasteiger partial charge on any atom is 0.338 e. The van der Waals surface area contributed by atoms with Gasteiger partial charge in [-0.3, -0.25) is 14.5 Å². The Morgan fingerprint density at radius 1 is 0.964 bits per heavy atom. The van der Waals surface area contributed by atoms with Crippen molar-refractivity contribution in [1.29, 1.82) is 0 Å². The van der Waals surface area contributed by atoms with Gasteiger partial charge in [0, 0.05) is 0 Å². The van der Waals surface area contributed by atoms with Crippen molar-refractivity contribution < 1.29 is 19.1 Å². The van der Waals surface area contributed by atoms with E-state index in [1.54, 1.807) is 24.3 Å². The van der Waals surface area contributed by atoms with Gasteiger partial charge in [0.2, 0.25) is 11.8 Å². The number of nitrogens with zero attached hydrogens (tertiary/aromatic N) is 1. The van der Waals surface area contributed by atoms with E-state index in [1.165, 1.54) is 4.90 Å². The molecule has 5 heteroatoms. The molecule has 2 aromatic carbocycles. The molecule has 0 bridgehead atoms. The van der Waals surface area contributed by atoms with E-state index < -0.39 is 12.1 Å². The molecule has 0 N–H and O–H groups in total. The maximum atomic E-state index is 12.8. The number of anilines is 1. The monoisotopic (exact) mass is 377 g/mol. The Kier molecular flexibility index (Phi) is 4.99. The molecule has 2 aromatic rings. The Morgan fingerprint density at radius 2 is 1.61 bits per heavy atom. The summed E-state index contributed by atoms with van der Waals surface area (Å²) in [4.78, 5) is 39.4. The van der Waals surface area contributed by atoms with E-state index >= 15 is 0 Å². The zero-order valence-corrected chi connectivity index (χ0v) is 15.8. The molecule has 1 heterocycles. The van der Waals surface area contributed by atoms with Crippen LogP contribution in [0.5, 0.6) is 0 Å². The quantitative estimate of drug-likeness (QED) is 0.589. The van der Waals surface area contributed by atoms with Crippen molar-refractivity contribution >= 4 is 23.5 Å². The summed E-state index contributed by atoms with van der Waals surface area (Å²) >= 11 is 0. The van der Waals surface area contributed by atoms with Crippen LogP contribution in [0.4, 0.5) is 5.69 Å². The summed E-state index contributed by atoms with van der Waals surface area (Å²) in [5.74, 6) is -1.18. The summed E-state index contributed by atoms with van der Waals surface area (Å²) in [6.07, 6.45) is 3.11. The van der Waals surface area contributed by atoms with Gasteiger partial charge in [0.25, 0.3) is 0 Å². The summed E-state index contributed by atoms with van der Waals surface area (Å²) in [5.41, 5.74) is 1.68. The molecule has 0 spiro atoms. The van der Waals surface area contributed by atoms with Crippen LogP contribution in [-0.2, 0) is 14.3 Å². The second-order valence-electron chi connectivity index (χ2n) is 7.52. The first kappa shape index (κ1) is 18.4. The Balaban J connectivity index is 1.54. The normalized spacial score (nSPS) is 22.7. The second kappa shape index (κ2) is 7.58. The summed E-state index contributed by atoms with van der Waals surface area (Å²) in [6.45, 7) is 1.81. The minimum absolute atomic E-state index is 0.141. The van der Waals surface area contributed by atoms with Crippen molar-refractivity contribution in [3.63, 3.8) is 0 Å². The van der Waals surface area contributed by atoms with Gasteiger partial charge in [-0.15, -0.1) is 0 Å². The number of ether oxygens (including phenoxy) is 1. The highest BCUT2D eigenvalue weighted by Crippen LogP contribution is 2.40. The number of carbonyl (C=O) groups is 3. The number of carbonyl (C=O) groups excluding carboxylic acids is 3. The number of benzene rings is 2. The van der Waals surface area contributed by atoms with Crippen molar-refractivity contribution in [2.75, 3.05) is 4.90 Å². The topological polar surface area (TPSA) is 63.7 Å². The third-order valence-corrected chi connectivity index (χ3v) is 5.73. The van der Waals surface area contributed by atoms with Crippen molar-refractivity contribution in [2.24, 2.45) is 11.8 Å². The highest BCUT2D eigenvalue weighted by molar-refractivity contribution is 6.22. The molecule has 28 heavy (non-hydrogen) atoms. The summed E-state index contributed by atoms with van der Waals surface area (Å²) in [5, 5.41) is 0. The fourth-order valence-corrected chi connectivity index (χ4v) is 4.21. The second-order valence-corrected chi connectivity index (χ2v) is 7.52. The van der Waals surface area contributed by atoms with Gasteiger partial charge in [0.15, 0.2) is 0 Å². The van der Waals surface area contributed by atoms with E-state index in [4.69, 9.17) is 4.74 Å². The van der Waals surface area contributed by atoms with Crippen LogP contribution in [0.2, 0.25) is 0 Å². The molecule has 3 atom stereocenters. The predicted molar refractivity (Wildman–Crippen MR) is 105 cm³/mol. The van der Waals surface area contributed by atoms with Crippen LogP contribution in [0, 0.1) is 11.8 Å². The minimum Gasteiger partial charge on any atom is -0.454 e. The molecular formula is C23H23NO4. The molecule has 4 rings (SSSR count). The van der Waals surface area contributed by atoms with Gasteiger partial charge in [-0.25, -0.2) is 4.79 Å². The largest absolute Gasteiger partial charge is 0.454 e. The van der Waals surface area contributed by atoms with Crippen LogP contribution in [-0.4, -0.2) is 17.8 Å². The molecule has 5 nitrogen and oxygen atoms in total. The SMILES string of the molecule is C[C@H](OC(=O)c1cccc(N2C(=O)[C@@H]3CCCC[C@H]3C2=O)c1)c1ccccc1. The third-order valence-electron chi connectivity index (χ3n) is 5.73. The fourth-order valence-electron chi connectivity index (χ4n) is 4.21. The van der Waals surface area contributed by atoms with Gasteiger partial charge in [-0.1, -0.05) is 49.2 Å². The fraction of sp³-hybridized carbons (Fsp3) is 0.348. The molecule has 0 radical (unpaired) electrons. The lowest BCUT2D eigenvalue weighted by Gasteiger charge is -2.19. The first-order valence-corrected chi connectivity index (χ1v) is 9.80. The van der Waals surface area contributed by atoms with E-state index in [-0.39, 0.29) is 23.7 Å². The molecule has 2 fully saturated rings. The molecule has 1 saturated carbocycles. The van der Waals surface area contributed by atoms with E-state index in [2.05, 4.69) is 0 Å². The smallest absolute Gasteiger partial charge is 0.338 e. The van der Waals surface area contributed by atoms with E-state index in [0.29, 0.717) is 11.3 Å². The van der Waals surface area contributed by atoms with Crippen molar-refractivity contribution in [2.45, 2.75) is 38.7 Å². The van der Waals surface area contributed by atoms with Crippen LogP contribution in [0.3, 0.4) is 0 Å². The minimum atomic E-state index is -0.477. The van der Waals surface area contributed by atoms with Gasteiger partial charge >= 0.3 is 5.97 Å². The lowest BCUT2D eigenvalue weighted by molar-refractivity contribution is -0.122. The molecule has 0 unspecified atom stereocenters. The maximum absolute atomic E-state index is 12.8.